The molecule has 144 valence electrons. The first-order chi connectivity index (χ1) is 12.9. The molecule has 0 atom stereocenters. The van der Waals surface area contributed by atoms with Gasteiger partial charge in [-0.15, -0.1) is 0 Å². The van der Waals surface area contributed by atoms with Crippen molar-refractivity contribution in [1.29, 1.82) is 0 Å². The van der Waals surface area contributed by atoms with Crippen molar-refractivity contribution in [3.05, 3.63) is 47.2 Å². The molecule has 2 aliphatic rings. The number of hydrogen-bond donors (Lipinski definition) is 1. The van der Waals surface area contributed by atoms with Crippen molar-refractivity contribution >= 4 is 16.0 Å². The van der Waals surface area contributed by atoms with Crippen molar-refractivity contribution in [3.8, 4) is 0 Å². The van der Waals surface area contributed by atoms with Crippen LogP contribution < -0.4 is 0 Å². The van der Waals surface area contributed by atoms with E-state index < -0.39 is 16.0 Å². The molecule has 3 heterocycles. The molecular weight excluding hydrogens is 372 g/mol. The molecule has 2 aliphatic heterocycles. The van der Waals surface area contributed by atoms with E-state index in [-0.39, 0.29) is 22.9 Å². The molecule has 9 heteroatoms. The van der Waals surface area contributed by atoms with Crippen molar-refractivity contribution in [2.24, 2.45) is 0 Å². The molecule has 0 amide bonds. The number of benzene rings is 1. The number of carboxylic acid groups (broad SMARTS) is 1. The molecule has 0 radical (unpaired) electrons. The maximum Gasteiger partial charge on any atom is 0.335 e. The Morgan fingerprint density at radius 2 is 1.89 bits per heavy atom. The van der Waals surface area contributed by atoms with E-state index in [9.17, 15) is 13.2 Å². The van der Waals surface area contributed by atoms with Crippen molar-refractivity contribution in [2.45, 2.75) is 36.6 Å². The molecule has 1 aromatic carbocycles. The molecule has 2 aromatic rings. The minimum atomic E-state index is -3.72. The highest BCUT2D eigenvalue weighted by atomic mass is 32.2. The number of oxazole rings is 1. The van der Waals surface area contributed by atoms with Crippen molar-refractivity contribution in [1.82, 2.24) is 9.29 Å². The van der Waals surface area contributed by atoms with Crippen LogP contribution in [0.5, 0.6) is 0 Å². The fourth-order valence-electron chi connectivity index (χ4n) is 3.44. The zero-order valence-corrected chi connectivity index (χ0v) is 15.4. The number of aromatic nitrogens is 1. The maximum absolute atomic E-state index is 12.9. The highest BCUT2D eigenvalue weighted by Crippen LogP contribution is 2.31. The second-order valence-corrected chi connectivity index (χ2v) is 8.66. The van der Waals surface area contributed by atoms with E-state index in [0.29, 0.717) is 37.8 Å². The Morgan fingerprint density at radius 3 is 2.56 bits per heavy atom. The van der Waals surface area contributed by atoms with Gasteiger partial charge in [-0.3, -0.25) is 0 Å². The topological polar surface area (TPSA) is 110 Å². The number of aromatic carboxylic acids is 1. The number of nitrogens with zero attached hydrogens (tertiary/aromatic N) is 2. The van der Waals surface area contributed by atoms with E-state index in [1.165, 1.54) is 28.6 Å². The largest absolute Gasteiger partial charge is 0.478 e. The Balaban J connectivity index is 1.54. The average molecular weight is 392 g/mol. The minimum Gasteiger partial charge on any atom is -0.478 e. The van der Waals surface area contributed by atoms with Gasteiger partial charge in [0, 0.05) is 32.1 Å². The second kappa shape index (κ2) is 7.06. The molecule has 1 aromatic heterocycles. The third-order valence-corrected chi connectivity index (χ3v) is 6.88. The summed E-state index contributed by atoms with van der Waals surface area (Å²) < 4.78 is 38.4. The molecule has 8 nitrogen and oxygen atoms in total. The Labute approximate surface area is 156 Å². The Bertz CT molecular complexity index is 945. The summed E-state index contributed by atoms with van der Waals surface area (Å²) in [4.78, 5) is 15.6. The number of carboxylic acids is 1. The predicted molar refractivity (Wildman–Crippen MR) is 94.0 cm³/mol. The minimum absolute atomic E-state index is 0.0486. The Kier molecular flexibility index (Phi) is 4.75. The quantitative estimate of drug-likeness (QED) is 0.847. The fraction of sp³-hybridized carbons (Fsp3) is 0.444. The van der Waals surface area contributed by atoms with Crippen LogP contribution in [0, 0.1) is 0 Å². The first kappa shape index (κ1) is 18.1. The number of fused-ring (bicyclic) bond motifs is 1. The van der Waals surface area contributed by atoms with Gasteiger partial charge in [0.25, 0.3) is 0 Å². The summed E-state index contributed by atoms with van der Waals surface area (Å²) in [6, 6.07) is 5.24. The third-order valence-electron chi connectivity index (χ3n) is 5.02. The van der Waals surface area contributed by atoms with Crippen LogP contribution in [0.3, 0.4) is 0 Å². The molecule has 1 fully saturated rings. The second-order valence-electron chi connectivity index (χ2n) is 6.73. The number of carbonyl (C=O) groups is 1. The van der Waals surface area contributed by atoms with E-state index in [4.69, 9.17) is 14.3 Å². The van der Waals surface area contributed by atoms with Crippen LogP contribution in [0.15, 0.2) is 33.6 Å². The van der Waals surface area contributed by atoms with Gasteiger partial charge >= 0.3 is 5.97 Å². The summed E-state index contributed by atoms with van der Waals surface area (Å²) in [5.41, 5.74) is 0.709. The average Bonchev–Trinajstić information content (AvgIpc) is 3.12. The van der Waals surface area contributed by atoms with Gasteiger partial charge in [0.2, 0.25) is 10.0 Å². The number of ether oxygens (including phenoxy) is 1. The smallest absolute Gasteiger partial charge is 0.335 e. The lowest BCUT2D eigenvalue weighted by atomic mass is 10.0. The van der Waals surface area contributed by atoms with Crippen LogP contribution in [0.1, 0.15) is 46.5 Å². The first-order valence-corrected chi connectivity index (χ1v) is 10.3. The molecule has 0 saturated carbocycles. The molecule has 1 N–H and O–H groups in total. The maximum atomic E-state index is 12.9. The number of rotatable bonds is 4. The lowest BCUT2D eigenvalue weighted by molar-refractivity contribution is 0.0696. The standard InChI is InChI=1S/C18H20N2O6S/c21-18(22)13-1-3-14(4-2-13)27(23,24)20-8-5-16-15(11-20)19-17(26-16)12-6-9-25-10-7-12/h1-4,12H,5-11H2,(H,21,22). The molecular formula is C18H20N2O6S. The zero-order valence-electron chi connectivity index (χ0n) is 14.6. The van der Waals surface area contributed by atoms with E-state index in [0.717, 1.165) is 18.6 Å². The van der Waals surface area contributed by atoms with E-state index in [2.05, 4.69) is 4.98 Å². The van der Waals surface area contributed by atoms with E-state index in [1.54, 1.807) is 0 Å². The van der Waals surface area contributed by atoms with Gasteiger partial charge in [0.15, 0.2) is 5.89 Å². The van der Waals surface area contributed by atoms with Gasteiger partial charge in [-0.1, -0.05) is 0 Å². The summed E-state index contributed by atoms with van der Waals surface area (Å²) in [6.07, 6.45) is 2.19. The van der Waals surface area contributed by atoms with E-state index in [1.807, 2.05) is 0 Å². The fourth-order valence-corrected chi connectivity index (χ4v) is 4.84. The van der Waals surface area contributed by atoms with Gasteiger partial charge in [-0.05, 0) is 37.1 Å². The highest BCUT2D eigenvalue weighted by Gasteiger charge is 2.32. The summed E-state index contributed by atoms with van der Waals surface area (Å²) in [6.45, 7) is 1.83. The monoisotopic (exact) mass is 392 g/mol. The van der Waals surface area contributed by atoms with Crippen LogP contribution in [0.25, 0.3) is 0 Å². The van der Waals surface area contributed by atoms with Crippen molar-refractivity contribution in [2.75, 3.05) is 19.8 Å². The van der Waals surface area contributed by atoms with Gasteiger partial charge in [-0.2, -0.15) is 4.31 Å². The third kappa shape index (κ3) is 3.50. The summed E-state index contributed by atoms with van der Waals surface area (Å²) in [5.74, 6) is 0.556. The Hall–Kier alpha value is -2.23. The van der Waals surface area contributed by atoms with Crippen molar-refractivity contribution in [3.63, 3.8) is 0 Å². The number of sulfonamides is 1. The van der Waals surface area contributed by atoms with Crippen LogP contribution >= 0.6 is 0 Å². The van der Waals surface area contributed by atoms with Crippen LogP contribution in [0.4, 0.5) is 0 Å². The van der Waals surface area contributed by atoms with Gasteiger partial charge < -0.3 is 14.3 Å². The molecule has 0 unspecified atom stereocenters. The zero-order chi connectivity index (χ0) is 19.0. The van der Waals surface area contributed by atoms with Crippen LogP contribution in [0.2, 0.25) is 0 Å². The lowest BCUT2D eigenvalue weighted by Gasteiger charge is -2.24. The molecule has 0 aliphatic carbocycles. The van der Waals surface area contributed by atoms with Gasteiger partial charge in [0.1, 0.15) is 5.76 Å². The first-order valence-electron chi connectivity index (χ1n) is 8.85. The van der Waals surface area contributed by atoms with E-state index >= 15 is 0 Å². The van der Waals surface area contributed by atoms with Crippen LogP contribution in [-0.4, -0.2) is 48.5 Å². The molecule has 4 rings (SSSR count). The molecule has 1 saturated heterocycles. The lowest BCUT2D eigenvalue weighted by Crippen LogP contribution is -2.35. The van der Waals surface area contributed by atoms with Gasteiger partial charge in [-0.25, -0.2) is 18.2 Å². The van der Waals surface area contributed by atoms with Gasteiger partial charge in [0.05, 0.1) is 22.7 Å². The molecule has 0 bridgehead atoms. The number of hydrogen-bond acceptors (Lipinski definition) is 6. The SMILES string of the molecule is O=C(O)c1ccc(S(=O)(=O)N2CCc3oc(C4CCOCC4)nc3C2)cc1. The predicted octanol–water partition coefficient (Wildman–Crippen LogP) is 2.01. The summed E-state index contributed by atoms with van der Waals surface area (Å²) in [7, 11) is -3.72. The summed E-state index contributed by atoms with van der Waals surface area (Å²) in [5, 5.41) is 8.96. The Morgan fingerprint density at radius 1 is 1.19 bits per heavy atom. The van der Waals surface area contributed by atoms with Crippen molar-refractivity contribution < 1.29 is 27.5 Å². The normalized spacial score (nSPS) is 19.0. The highest BCUT2D eigenvalue weighted by molar-refractivity contribution is 7.89. The summed E-state index contributed by atoms with van der Waals surface area (Å²) >= 11 is 0. The van der Waals surface area contributed by atoms with Crippen LogP contribution in [-0.2, 0) is 27.7 Å². The molecule has 0 spiro atoms. The molecule has 27 heavy (non-hydrogen) atoms.